The van der Waals surface area contributed by atoms with Crippen LogP contribution in [0.2, 0.25) is 0 Å². The van der Waals surface area contributed by atoms with Crippen molar-refractivity contribution in [2.24, 2.45) is 0 Å². The molecule has 2 N–H and O–H groups in total. The van der Waals surface area contributed by atoms with Crippen molar-refractivity contribution >= 4 is 44.9 Å². The summed E-state index contributed by atoms with van der Waals surface area (Å²) in [7, 11) is 0. The van der Waals surface area contributed by atoms with Crippen LogP contribution in [-0.2, 0) is 4.79 Å². The van der Waals surface area contributed by atoms with Crippen LogP contribution in [0.25, 0.3) is 10.8 Å². The molecule has 0 saturated heterocycles. The van der Waals surface area contributed by atoms with Crippen molar-refractivity contribution in [2.45, 2.75) is 36.2 Å². The van der Waals surface area contributed by atoms with Crippen LogP contribution in [0.1, 0.15) is 31.4 Å². The summed E-state index contributed by atoms with van der Waals surface area (Å²) in [5.41, 5.74) is 1.11. The number of carbonyl (C=O) groups is 1. The predicted molar refractivity (Wildman–Crippen MR) is 108 cm³/mol. The molecule has 2 aromatic carbocycles. The number of nitrogens with one attached hydrogen (secondary N) is 2. The van der Waals surface area contributed by atoms with E-state index in [1.807, 2.05) is 19.1 Å². The second-order valence-electron chi connectivity index (χ2n) is 6.48. The molecular weight excluding hydrogens is 364 g/mol. The van der Waals surface area contributed by atoms with Crippen molar-refractivity contribution in [3.05, 3.63) is 48.0 Å². The van der Waals surface area contributed by atoms with Gasteiger partial charge in [0, 0.05) is 6.04 Å². The van der Waals surface area contributed by atoms with Gasteiger partial charge in [0.25, 0.3) is 0 Å². The fraction of sp³-hybridized carbons (Fsp3) is 0.316. The van der Waals surface area contributed by atoms with Gasteiger partial charge < -0.3 is 10.6 Å². The van der Waals surface area contributed by atoms with Gasteiger partial charge in [-0.1, -0.05) is 59.5 Å². The maximum absolute atomic E-state index is 12.3. The molecule has 1 aliphatic rings. The summed E-state index contributed by atoms with van der Waals surface area (Å²) in [6.07, 6.45) is 2.41. The van der Waals surface area contributed by atoms with Gasteiger partial charge >= 0.3 is 0 Å². The molecule has 0 bridgehead atoms. The monoisotopic (exact) mass is 384 g/mol. The summed E-state index contributed by atoms with van der Waals surface area (Å²) < 4.78 is 0.821. The van der Waals surface area contributed by atoms with Crippen molar-refractivity contribution in [3.63, 3.8) is 0 Å². The molecule has 1 saturated carbocycles. The van der Waals surface area contributed by atoms with Gasteiger partial charge in [-0.2, -0.15) is 0 Å². The first-order chi connectivity index (χ1) is 12.7. The minimum absolute atomic E-state index is 0.00237. The summed E-state index contributed by atoms with van der Waals surface area (Å²) in [5, 5.41) is 17.9. The average molecular weight is 385 g/mol. The van der Waals surface area contributed by atoms with E-state index in [-0.39, 0.29) is 11.9 Å². The number of aromatic nitrogens is 2. The molecule has 1 heterocycles. The Morgan fingerprint density at radius 3 is 2.85 bits per heavy atom. The molecule has 0 aliphatic heterocycles. The van der Waals surface area contributed by atoms with Crippen molar-refractivity contribution < 1.29 is 4.79 Å². The summed E-state index contributed by atoms with van der Waals surface area (Å²) in [5.74, 6) is 0.346. The standard InChI is InChI=1S/C19H20N4OS2/c1-12(14-7-6-13-4-2-3-5-15(13)10-14)20-17(24)11-25-19-23-22-18(26-19)21-16-8-9-16/h2-7,10,12,16H,8-9,11H2,1H3,(H,20,24)(H,21,22). The summed E-state index contributed by atoms with van der Waals surface area (Å²) >= 11 is 2.94. The summed E-state index contributed by atoms with van der Waals surface area (Å²) in [6.45, 7) is 2.01. The Morgan fingerprint density at radius 2 is 2.04 bits per heavy atom. The number of amides is 1. The molecule has 134 valence electrons. The van der Waals surface area contributed by atoms with E-state index in [9.17, 15) is 4.79 Å². The lowest BCUT2D eigenvalue weighted by Gasteiger charge is -2.14. The van der Waals surface area contributed by atoms with Gasteiger partial charge in [-0.15, -0.1) is 10.2 Å². The van der Waals surface area contributed by atoms with E-state index in [4.69, 9.17) is 0 Å². The predicted octanol–water partition coefficient (Wildman–Crippen LogP) is 4.24. The Bertz CT molecular complexity index is 923. The molecule has 1 aliphatic carbocycles. The minimum Gasteiger partial charge on any atom is -0.357 e. The molecule has 0 radical (unpaired) electrons. The zero-order chi connectivity index (χ0) is 17.9. The smallest absolute Gasteiger partial charge is 0.230 e. The number of thioether (sulfide) groups is 1. The zero-order valence-corrected chi connectivity index (χ0v) is 16.1. The van der Waals surface area contributed by atoms with Gasteiger partial charge in [0.2, 0.25) is 11.0 Å². The third-order valence-electron chi connectivity index (χ3n) is 4.29. The molecule has 3 aromatic rings. The van der Waals surface area contributed by atoms with Crippen molar-refractivity contribution in [3.8, 4) is 0 Å². The molecule has 26 heavy (non-hydrogen) atoms. The molecule has 1 unspecified atom stereocenters. The molecule has 7 heteroatoms. The van der Waals surface area contributed by atoms with Crippen molar-refractivity contribution in [1.82, 2.24) is 15.5 Å². The van der Waals surface area contributed by atoms with Crippen LogP contribution in [0.5, 0.6) is 0 Å². The van der Waals surface area contributed by atoms with E-state index < -0.39 is 0 Å². The summed E-state index contributed by atoms with van der Waals surface area (Å²) in [6, 6.07) is 15.1. The number of hydrogen-bond acceptors (Lipinski definition) is 6. The van der Waals surface area contributed by atoms with Gasteiger partial charge in [0.15, 0.2) is 4.34 Å². The van der Waals surface area contributed by atoms with E-state index >= 15 is 0 Å². The van der Waals surface area contributed by atoms with E-state index in [1.165, 1.54) is 46.7 Å². The maximum Gasteiger partial charge on any atom is 0.230 e. The highest BCUT2D eigenvalue weighted by Crippen LogP contribution is 2.30. The fourth-order valence-corrected chi connectivity index (χ4v) is 4.34. The highest BCUT2D eigenvalue weighted by molar-refractivity contribution is 8.01. The van der Waals surface area contributed by atoms with E-state index in [1.54, 1.807) is 0 Å². The number of nitrogens with zero attached hydrogens (tertiary/aromatic N) is 2. The first kappa shape index (κ1) is 17.3. The number of fused-ring (bicyclic) bond motifs is 1. The quantitative estimate of drug-likeness (QED) is 0.597. The van der Waals surface area contributed by atoms with E-state index in [0.717, 1.165) is 15.0 Å². The molecule has 1 aromatic heterocycles. The van der Waals surface area contributed by atoms with Crippen LogP contribution in [0, 0.1) is 0 Å². The number of carbonyl (C=O) groups excluding carboxylic acids is 1. The van der Waals surface area contributed by atoms with Crippen LogP contribution < -0.4 is 10.6 Å². The van der Waals surface area contributed by atoms with Gasteiger partial charge in [0.05, 0.1) is 11.8 Å². The summed E-state index contributed by atoms with van der Waals surface area (Å²) in [4.78, 5) is 12.3. The normalized spacial score (nSPS) is 15.0. The third kappa shape index (κ3) is 4.34. The van der Waals surface area contributed by atoms with Crippen molar-refractivity contribution in [1.29, 1.82) is 0 Å². The maximum atomic E-state index is 12.3. The highest BCUT2D eigenvalue weighted by Gasteiger charge is 2.22. The van der Waals surface area contributed by atoms with Crippen LogP contribution in [0.15, 0.2) is 46.8 Å². The van der Waals surface area contributed by atoms with E-state index in [0.29, 0.717) is 11.8 Å². The Balaban J connectivity index is 1.30. The largest absolute Gasteiger partial charge is 0.357 e. The Morgan fingerprint density at radius 1 is 1.23 bits per heavy atom. The number of benzene rings is 2. The van der Waals surface area contributed by atoms with Gasteiger partial charge in [-0.25, -0.2) is 0 Å². The molecule has 1 fully saturated rings. The lowest BCUT2D eigenvalue weighted by molar-refractivity contribution is -0.119. The van der Waals surface area contributed by atoms with Crippen LogP contribution in [-0.4, -0.2) is 27.9 Å². The average Bonchev–Trinajstić information content (AvgIpc) is 3.35. The third-order valence-corrected chi connectivity index (χ3v) is 6.28. The SMILES string of the molecule is CC(NC(=O)CSc1nnc(NC2CC2)s1)c1ccc2ccccc2c1. The Hall–Kier alpha value is -2.12. The minimum atomic E-state index is -0.0331. The lowest BCUT2D eigenvalue weighted by Crippen LogP contribution is -2.28. The molecule has 4 rings (SSSR count). The Kier molecular flexibility index (Phi) is 5.08. The zero-order valence-electron chi connectivity index (χ0n) is 14.4. The van der Waals surface area contributed by atoms with Crippen LogP contribution in [0.4, 0.5) is 5.13 Å². The first-order valence-electron chi connectivity index (χ1n) is 8.68. The molecule has 0 spiro atoms. The van der Waals surface area contributed by atoms with Crippen LogP contribution in [0.3, 0.4) is 0 Å². The van der Waals surface area contributed by atoms with Gasteiger partial charge in [0.1, 0.15) is 0 Å². The fourth-order valence-electron chi connectivity index (χ4n) is 2.70. The second-order valence-corrected chi connectivity index (χ2v) is 8.68. The molecule has 1 amide bonds. The Labute approximate surface area is 160 Å². The number of hydrogen-bond donors (Lipinski definition) is 2. The van der Waals surface area contributed by atoms with Crippen LogP contribution >= 0.6 is 23.1 Å². The first-order valence-corrected chi connectivity index (χ1v) is 10.5. The highest BCUT2D eigenvalue weighted by atomic mass is 32.2. The topological polar surface area (TPSA) is 66.9 Å². The molecule has 5 nitrogen and oxygen atoms in total. The van der Waals surface area contributed by atoms with Crippen molar-refractivity contribution in [2.75, 3.05) is 11.1 Å². The number of rotatable bonds is 7. The van der Waals surface area contributed by atoms with E-state index in [2.05, 4.69) is 51.2 Å². The number of anilines is 1. The lowest BCUT2D eigenvalue weighted by atomic mass is 10.0. The second kappa shape index (κ2) is 7.63. The van der Waals surface area contributed by atoms with Gasteiger partial charge in [-0.3, -0.25) is 4.79 Å². The molecule has 1 atom stereocenters. The van der Waals surface area contributed by atoms with Gasteiger partial charge in [-0.05, 0) is 42.2 Å². The molecular formula is C19H20N4OS2.